The molecule has 1 aromatic carbocycles. The van der Waals surface area contributed by atoms with Gasteiger partial charge in [-0.2, -0.15) is 13.2 Å². The molecule has 0 aliphatic heterocycles. The summed E-state index contributed by atoms with van der Waals surface area (Å²) in [7, 11) is 1.50. The third kappa shape index (κ3) is 6.91. The zero-order chi connectivity index (χ0) is 14.3. The number of nitrogens with one attached hydrogen (secondary N) is 2. The summed E-state index contributed by atoms with van der Waals surface area (Å²) < 4.78 is 36.0. The normalized spacial score (nSPS) is 12.4. The van der Waals surface area contributed by atoms with Crippen LogP contribution in [-0.2, 0) is 6.54 Å². The van der Waals surface area contributed by atoms with Crippen molar-refractivity contribution in [2.24, 2.45) is 4.99 Å². The number of hydrogen-bond donors (Lipinski definition) is 2. The minimum atomic E-state index is -4.17. The zero-order valence-electron chi connectivity index (χ0n) is 10.4. The van der Waals surface area contributed by atoms with Crippen molar-refractivity contribution in [1.82, 2.24) is 10.6 Å². The molecule has 0 amide bonds. The van der Waals surface area contributed by atoms with Gasteiger partial charge in [-0.1, -0.05) is 23.7 Å². The fourth-order valence-electron chi connectivity index (χ4n) is 1.38. The summed E-state index contributed by atoms with van der Waals surface area (Å²) in [4.78, 5) is 3.84. The van der Waals surface area contributed by atoms with Crippen molar-refractivity contribution in [1.29, 1.82) is 0 Å². The molecular weight excluding hydrogens is 279 g/mol. The average Bonchev–Trinajstić information content (AvgIpc) is 2.32. The zero-order valence-corrected chi connectivity index (χ0v) is 11.1. The van der Waals surface area contributed by atoms with Gasteiger partial charge in [0, 0.05) is 25.2 Å². The first-order chi connectivity index (χ1) is 8.90. The van der Waals surface area contributed by atoms with Crippen LogP contribution in [0, 0.1) is 0 Å². The van der Waals surface area contributed by atoms with Gasteiger partial charge in [0.25, 0.3) is 0 Å². The second-order valence-corrected chi connectivity index (χ2v) is 4.28. The lowest BCUT2D eigenvalue weighted by molar-refractivity contribution is -0.132. The molecular formula is C12H15ClF3N3. The topological polar surface area (TPSA) is 36.4 Å². The molecule has 0 saturated carbocycles. The van der Waals surface area contributed by atoms with Crippen LogP contribution >= 0.6 is 11.6 Å². The van der Waals surface area contributed by atoms with E-state index in [4.69, 9.17) is 11.6 Å². The minimum Gasteiger partial charge on any atom is -0.356 e. The number of benzene rings is 1. The van der Waals surface area contributed by atoms with Gasteiger partial charge in [0.2, 0.25) is 0 Å². The van der Waals surface area contributed by atoms with E-state index in [9.17, 15) is 13.2 Å². The SMILES string of the molecule is CN=C(NCCC(F)(F)F)NCc1cccc(Cl)c1. The number of nitrogens with zero attached hydrogens (tertiary/aromatic N) is 1. The van der Waals surface area contributed by atoms with Gasteiger partial charge in [-0.25, -0.2) is 0 Å². The molecule has 1 aromatic rings. The van der Waals surface area contributed by atoms with Crippen molar-refractivity contribution in [3.05, 3.63) is 34.9 Å². The van der Waals surface area contributed by atoms with Gasteiger partial charge in [0.1, 0.15) is 0 Å². The second kappa shape index (κ2) is 7.23. The van der Waals surface area contributed by atoms with Gasteiger partial charge in [0.15, 0.2) is 5.96 Å². The van der Waals surface area contributed by atoms with E-state index in [1.165, 1.54) is 7.05 Å². The lowest BCUT2D eigenvalue weighted by Gasteiger charge is -2.13. The lowest BCUT2D eigenvalue weighted by atomic mass is 10.2. The van der Waals surface area contributed by atoms with Crippen LogP contribution in [-0.4, -0.2) is 25.7 Å². The van der Waals surface area contributed by atoms with Crippen molar-refractivity contribution in [3.63, 3.8) is 0 Å². The van der Waals surface area contributed by atoms with Crippen molar-refractivity contribution >= 4 is 17.6 Å². The molecule has 2 N–H and O–H groups in total. The number of alkyl halides is 3. The van der Waals surface area contributed by atoms with E-state index in [0.29, 0.717) is 17.5 Å². The molecule has 0 aliphatic rings. The number of rotatable bonds is 4. The van der Waals surface area contributed by atoms with E-state index in [2.05, 4.69) is 15.6 Å². The quantitative estimate of drug-likeness (QED) is 0.661. The van der Waals surface area contributed by atoms with Crippen LogP contribution in [0.1, 0.15) is 12.0 Å². The van der Waals surface area contributed by atoms with Crippen LogP contribution < -0.4 is 10.6 Å². The summed E-state index contributed by atoms with van der Waals surface area (Å²) in [6.07, 6.45) is -5.07. The average molecular weight is 294 g/mol. The van der Waals surface area contributed by atoms with Gasteiger partial charge in [-0.15, -0.1) is 0 Å². The molecule has 0 unspecified atom stereocenters. The standard InChI is InChI=1S/C12H15ClF3N3/c1-17-11(18-6-5-12(14,15)16)19-8-9-3-2-4-10(13)7-9/h2-4,7H,5-6,8H2,1H3,(H2,17,18,19). The fourth-order valence-corrected chi connectivity index (χ4v) is 1.59. The summed E-state index contributed by atoms with van der Waals surface area (Å²) >= 11 is 5.83. The molecule has 0 saturated heterocycles. The number of guanidine groups is 1. The Labute approximate surface area is 114 Å². The Balaban J connectivity index is 2.37. The number of hydrogen-bond acceptors (Lipinski definition) is 1. The smallest absolute Gasteiger partial charge is 0.356 e. The molecule has 0 heterocycles. The molecule has 0 spiro atoms. The van der Waals surface area contributed by atoms with E-state index >= 15 is 0 Å². The predicted octanol–water partition coefficient (Wildman–Crippen LogP) is 2.96. The molecule has 0 aromatic heterocycles. The maximum atomic E-state index is 12.0. The molecule has 19 heavy (non-hydrogen) atoms. The summed E-state index contributed by atoms with van der Waals surface area (Å²) in [5, 5.41) is 6.12. The number of halogens is 4. The maximum Gasteiger partial charge on any atom is 0.390 e. The van der Waals surface area contributed by atoms with Crippen molar-refractivity contribution < 1.29 is 13.2 Å². The Morgan fingerprint density at radius 3 is 2.63 bits per heavy atom. The molecule has 0 radical (unpaired) electrons. The van der Waals surface area contributed by atoms with Crippen molar-refractivity contribution in [2.45, 2.75) is 19.1 Å². The molecule has 3 nitrogen and oxygen atoms in total. The van der Waals surface area contributed by atoms with Crippen molar-refractivity contribution in [2.75, 3.05) is 13.6 Å². The third-order valence-corrected chi connectivity index (χ3v) is 2.51. The lowest BCUT2D eigenvalue weighted by Crippen LogP contribution is -2.38. The summed E-state index contributed by atoms with van der Waals surface area (Å²) in [6, 6.07) is 7.19. The molecule has 1 rings (SSSR count). The highest BCUT2D eigenvalue weighted by Gasteiger charge is 2.26. The largest absolute Gasteiger partial charge is 0.390 e. The van der Waals surface area contributed by atoms with Gasteiger partial charge < -0.3 is 10.6 Å². The Bertz CT molecular complexity index is 432. The Kier molecular flexibility index (Phi) is 5.95. The molecule has 0 bridgehead atoms. The van der Waals surface area contributed by atoms with Crippen molar-refractivity contribution in [3.8, 4) is 0 Å². The maximum absolute atomic E-state index is 12.0. The van der Waals surface area contributed by atoms with Crippen LogP contribution in [0.4, 0.5) is 13.2 Å². The highest BCUT2D eigenvalue weighted by Crippen LogP contribution is 2.18. The van der Waals surface area contributed by atoms with Crippen LogP contribution in [0.5, 0.6) is 0 Å². The van der Waals surface area contributed by atoms with E-state index in [1.807, 2.05) is 6.07 Å². The Morgan fingerprint density at radius 2 is 2.05 bits per heavy atom. The first kappa shape index (κ1) is 15.6. The first-order valence-corrected chi connectivity index (χ1v) is 6.04. The van der Waals surface area contributed by atoms with Gasteiger partial charge in [-0.3, -0.25) is 4.99 Å². The highest BCUT2D eigenvalue weighted by molar-refractivity contribution is 6.30. The Hall–Kier alpha value is -1.43. The minimum absolute atomic E-state index is 0.210. The van der Waals surface area contributed by atoms with Crippen LogP contribution in [0.3, 0.4) is 0 Å². The van der Waals surface area contributed by atoms with Gasteiger partial charge >= 0.3 is 6.18 Å². The van der Waals surface area contributed by atoms with Gasteiger partial charge in [0.05, 0.1) is 6.42 Å². The van der Waals surface area contributed by atoms with E-state index in [-0.39, 0.29) is 6.54 Å². The van der Waals surface area contributed by atoms with Crippen LogP contribution in [0.2, 0.25) is 5.02 Å². The van der Waals surface area contributed by atoms with E-state index < -0.39 is 12.6 Å². The van der Waals surface area contributed by atoms with Crippen LogP contribution in [0.25, 0.3) is 0 Å². The summed E-state index contributed by atoms with van der Waals surface area (Å²) in [5.41, 5.74) is 0.922. The Morgan fingerprint density at radius 1 is 1.32 bits per heavy atom. The summed E-state index contributed by atoms with van der Waals surface area (Å²) in [6.45, 7) is 0.227. The van der Waals surface area contributed by atoms with Crippen LogP contribution in [0.15, 0.2) is 29.3 Å². The fraction of sp³-hybridized carbons (Fsp3) is 0.417. The molecule has 7 heteroatoms. The van der Waals surface area contributed by atoms with E-state index in [1.54, 1.807) is 18.2 Å². The van der Waals surface area contributed by atoms with E-state index in [0.717, 1.165) is 5.56 Å². The second-order valence-electron chi connectivity index (χ2n) is 3.85. The number of aliphatic imine (C=N–C) groups is 1. The molecule has 0 fully saturated rings. The molecule has 0 aliphatic carbocycles. The summed E-state index contributed by atoms with van der Waals surface area (Å²) in [5.74, 6) is 0.323. The monoisotopic (exact) mass is 293 g/mol. The highest BCUT2D eigenvalue weighted by atomic mass is 35.5. The molecule has 106 valence electrons. The van der Waals surface area contributed by atoms with Gasteiger partial charge in [-0.05, 0) is 17.7 Å². The molecule has 0 atom stereocenters. The predicted molar refractivity (Wildman–Crippen MR) is 70.3 cm³/mol. The first-order valence-electron chi connectivity index (χ1n) is 5.66. The third-order valence-electron chi connectivity index (χ3n) is 2.27.